The first-order valence-corrected chi connectivity index (χ1v) is 6.64. The van der Waals surface area contributed by atoms with Crippen LogP contribution in [0.25, 0.3) is 11.5 Å². The molecule has 0 aliphatic rings. The summed E-state index contributed by atoms with van der Waals surface area (Å²) >= 11 is 1.27. The SMILES string of the molecule is COc1ccc(Nc2nc(-c3ccccn3)ns2)nc1. The van der Waals surface area contributed by atoms with Crippen molar-refractivity contribution in [2.75, 3.05) is 12.4 Å². The molecule has 0 saturated carbocycles. The number of ether oxygens (including phenoxy) is 1. The Kier molecular flexibility index (Phi) is 3.51. The summed E-state index contributed by atoms with van der Waals surface area (Å²) in [7, 11) is 1.61. The summed E-state index contributed by atoms with van der Waals surface area (Å²) in [5.74, 6) is 2.00. The molecule has 3 rings (SSSR count). The van der Waals surface area contributed by atoms with Gasteiger partial charge in [0.25, 0.3) is 0 Å². The fourth-order valence-electron chi connectivity index (χ4n) is 1.56. The average Bonchev–Trinajstić information content (AvgIpc) is 2.97. The van der Waals surface area contributed by atoms with Gasteiger partial charge in [-0.1, -0.05) is 6.07 Å². The predicted octanol–water partition coefficient (Wildman–Crippen LogP) is 2.75. The van der Waals surface area contributed by atoms with Gasteiger partial charge in [-0.2, -0.15) is 9.36 Å². The largest absolute Gasteiger partial charge is 0.495 e. The van der Waals surface area contributed by atoms with E-state index in [0.29, 0.717) is 22.5 Å². The van der Waals surface area contributed by atoms with Gasteiger partial charge in [0.05, 0.1) is 13.3 Å². The number of hydrogen-bond donors (Lipinski definition) is 1. The molecule has 7 heteroatoms. The normalized spacial score (nSPS) is 10.2. The van der Waals surface area contributed by atoms with Crippen molar-refractivity contribution in [1.82, 2.24) is 19.3 Å². The third kappa shape index (κ3) is 2.72. The second kappa shape index (κ2) is 5.62. The molecule has 3 aromatic rings. The summed E-state index contributed by atoms with van der Waals surface area (Å²) in [4.78, 5) is 12.8. The topological polar surface area (TPSA) is 72.8 Å². The minimum atomic E-state index is 0.603. The van der Waals surface area contributed by atoms with Crippen LogP contribution in [0.1, 0.15) is 0 Å². The van der Waals surface area contributed by atoms with Gasteiger partial charge in [-0.15, -0.1) is 0 Å². The molecule has 20 heavy (non-hydrogen) atoms. The molecule has 0 radical (unpaired) electrons. The molecule has 0 aromatic carbocycles. The van der Waals surface area contributed by atoms with Crippen LogP contribution < -0.4 is 10.1 Å². The van der Waals surface area contributed by atoms with E-state index in [1.165, 1.54) is 11.5 Å². The Morgan fingerprint density at radius 1 is 1.15 bits per heavy atom. The summed E-state index contributed by atoms with van der Waals surface area (Å²) < 4.78 is 9.33. The van der Waals surface area contributed by atoms with Crippen molar-refractivity contribution in [2.24, 2.45) is 0 Å². The third-order valence-electron chi connectivity index (χ3n) is 2.53. The molecular formula is C13H11N5OS. The molecule has 0 saturated heterocycles. The smallest absolute Gasteiger partial charge is 0.208 e. The van der Waals surface area contributed by atoms with Crippen LogP contribution in [0.15, 0.2) is 42.7 Å². The Labute approximate surface area is 119 Å². The van der Waals surface area contributed by atoms with Crippen molar-refractivity contribution in [3.8, 4) is 17.3 Å². The Hall–Kier alpha value is -2.54. The van der Waals surface area contributed by atoms with E-state index in [0.717, 1.165) is 5.69 Å². The third-order valence-corrected chi connectivity index (χ3v) is 3.16. The van der Waals surface area contributed by atoms with E-state index in [1.54, 1.807) is 19.5 Å². The molecule has 3 aromatic heterocycles. The lowest BCUT2D eigenvalue weighted by Crippen LogP contribution is -1.93. The van der Waals surface area contributed by atoms with Crippen molar-refractivity contribution in [1.29, 1.82) is 0 Å². The molecule has 0 bridgehead atoms. The number of rotatable bonds is 4. The van der Waals surface area contributed by atoms with Crippen LogP contribution in [-0.2, 0) is 0 Å². The zero-order chi connectivity index (χ0) is 13.8. The van der Waals surface area contributed by atoms with E-state index in [-0.39, 0.29) is 0 Å². The van der Waals surface area contributed by atoms with Crippen LogP contribution in [0.3, 0.4) is 0 Å². The first-order valence-electron chi connectivity index (χ1n) is 5.87. The molecule has 0 unspecified atom stereocenters. The van der Waals surface area contributed by atoms with Gasteiger partial charge in [0.1, 0.15) is 17.3 Å². The van der Waals surface area contributed by atoms with Gasteiger partial charge >= 0.3 is 0 Å². The van der Waals surface area contributed by atoms with Crippen LogP contribution >= 0.6 is 11.5 Å². The number of nitrogens with one attached hydrogen (secondary N) is 1. The molecule has 100 valence electrons. The summed E-state index contributed by atoms with van der Waals surface area (Å²) in [6, 6.07) is 9.28. The fourth-order valence-corrected chi connectivity index (χ4v) is 2.14. The molecule has 6 nitrogen and oxygen atoms in total. The highest BCUT2D eigenvalue weighted by Gasteiger charge is 2.07. The van der Waals surface area contributed by atoms with E-state index in [2.05, 4.69) is 24.6 Å². The molecule has 0 fully saturated rings. The molecule has 0 aliphatic heterocycles. The first kappa shape index (κ1) is 12.5. The van der Waals surface area contributed by atoms with Crippen LogP contribution in [0.2, 0.25) is 0 Å². The second-order valence-corrected chi connectivity index (χ2v) is 4.60. The maximum absolute atomic E-state index is 5.06. The maximum atomic E-state index is 5.06. The van der Waals surface area contributed by atoms with E-state index in [9.17, 15) is 0 Å². The molecule has 0 aliphatic carbocycles. The molecular weight excluding hydrogens is 274 g/mol. The highest BCUT2D eigenvalue weighted by atomic mass is 32.1. The van der Waals surface area contributed by atoms with Crippen molar-refractivity contribution >= 4 is 22.5 Å². The number of hydrogen-bond acceptors (Lipinski definition) is 7. The molecule has 0 atom stereocenters. The quantitative estimate of drug-likeness (QED) is 0.794. The van der Waals surface area contributed by atoms with Gasteiger partial charge in [0.2, 0.25) is 5.13 Å². The molecule has 3 heterocycles. The van der Waals surface area contributed by atoms with Gasteiger partial charge < -0.3 is 10.1 Å². The molecule has 0 amide bonds. The lowest BCUT2D eigenvalue weighted by molar-refractivity contribution is 0.413. The van der Waals surface area contributed by atoms with E-state index in [1.807, 2.05) is 30.3 Å². The van der Waals surface area contributed by atoms with E-state index < -0.39 is 0 Å². The van der Waals surface area contributed by atoms with Crippen molar-refractivity contribution < 1.29 is 4.74 Å². The highest BCUT2D eigenvalue weighted by molar-refractivity contribution is 7.09. The zero-order valence-corrected chi connectivity index (χ0v) is 11.5. The lowest BCUT2D eigenvalue weighted by Gasteiger charge is -2.02. The summed E-state index contributed by atoms with van der Waals surface area (Å²) in [5, 5.41) is 3.77. The van der Waals surface area contributed by atoms with Crippen LogP contribution in [0, 0.1) is 0 Å². The highest BCUT2D eigenvalue weighted by Crippen LogP contribution is 2.22. The Morgan fingerprint density at radius 3 is 2.80 bits per heavy atom. The summed E-state index contributed by atoms with van der Waals surface area (Å²) in [6.45, 7) is 0. The van der Waals surface area contributed by atoms with Crippen LogP contribution in [-0.4, -0.2) is 26.4 Å². The predicted molar refractivity (Wildman–Crippen MR) is 77.2 cm³/mol. The maximum Gasteiger partial charge on any atom is 0.208 e. The lowest BCUT2D eigenvalue weighted by atomic mass is 10.3. The Balaban J connectivity index is 1.77. The Morgan fingerprint density at radius 2 is 2.10 bits per heavy atom. The number of nitrogens with zero attached hydrogens (tertiary/aromatic N) is 4. The van der Waals surface area contributed by atoms with Gasteiger partial charge in [-0.25, -0.2) is 4.98 Å². The number of aromatic nitrogens is 4. The Bertz CT molecular complexity index is 683. The average molecular weight is 285 g/mol. The van der Waals surface area contributed by atoms with Crippen molar-refractivity contribution in [3.63, 3.8) is 0 Å². The van der Waals surface area contributed by atoms with E-state index >= 15 is 0 Å². The number of anilines is 2. The van der Waals surface area contributed by atoms with Crippen LogP contribution in [0.4, 0.5) is 10.9 Å². The van der Waals surface area contributed by atoms with Gasteiger partial charge in [-0.05, 0) is 24.3 Å². The zero-order valence-electron chi connectivity index (χ0n) is 10.6. The fraction of sp³-hybridized carbons (Fsp3) is 0.0769. The van der Waals surface area contributed by atoms with Crippen molar-refractivity contribution in [2.45, 2.75) is 0 Å². The van der Waals surface area contributed by atoms with E-state index in [4.69, 9.17) is 4.74 Å². The first-order chi connectivity index (χ1) is 9.85. The monoisotopic (exact) mass is 285 g/mol. The van der Waals surface area contributed by atoms with Gasteiger partial charge in [0.15, 0.2) is 5.82 Å². The molecule has 1 N–H and O–H groups in total. The second-order valence-electron chi connectivity index (χ2n) is 3.85. The molecule has 0 spiro atoms. The summed E-state index contributed by atoms with van der Waals surface area (Å²) in [6.07, 6.45) is 3.36. The van der Waals surface area contributed by atoms with Gasteiger partial charge in [0, 0.05) is 17.7 Å². The standard InChI is InChI=1S/C13H11N5OS/c1-19-9-5-6-11(15-8-9)16-13-17-12(18-20-13)10-4-2-3-7-14-10/h2-8H,1H3,(H,15,16,17,18). The number of pyridine rings is 2. The minimum Gasteiger partial charge on any atom is -0.495 e. The minimum absolute atomic E-state index is 0.603. The van der Waals surface area contributed by atoms with Crippen molar-refractivity contribution in [3.05, 3.63) is 42.7 Å². The van der Waals surface area contributed by atoms with Gasteiger partial charge in [-0.3, -0.25) is 4.98 Å². The number of methoxy groups -OCH3 is 1. The van der Waals surface area contributed by atoms with Crippen LogP contribution in [0.5, 0.6) is 5.75 Å². The summed E-state index contributed by atoms with van der Waals surface area (Å²) in [5.41, 5.74) is 0.750.